The number of pyridine rings is 1. The van der Waals surface area contributed by atoms with Gasteiger partial charge in [0, 0.05) is 29.5 Å². The summed E-state index contributed by atoms with van der Waals surface area (Å²) < 4.78 is 40.7. The molecule has 4 rings (SSSR count). The third kappa shape index (κ3) is 3.89. The highest BCUT2D eigenvalue weighted by molar-refractivity contribution is 5.92. The van der Waals surface area contributed by atoms with Crippen LogP contribution in [-0.2, 0) is 0 Å². The summed E-state index contributed by atoms with van der Waals surface area (Å²) in [6, 6.07) is 5.29. The fourth-order valence-electron chi connectivity index (χ4n) is 3.94. The molecule has 1 fully saturated rings. The van der Waals surface area contributed by atoms with Gasteiger partial charge in [0.25, 0.3) is 6.43 Å². The van der Waals surface area contributed by atoms with Gasteiger partial charge in [-0.1, -0.05) is 25.1 Å². The first-order valence-electron chi connectivity index (χ1n) is 10.0. The molecule has 1 aliphatic rings. The second-order valence-electron chi connectivity index (χ2n) is 8.47. The van der Waals surface area contributed by atoms with E-state index in [4.69, 9.17) is 0 Å². The van der Waals surface area contributed by atoms with Crippen LogP contribution in [0.5, 0.6) is 0 Å². The molecule has 6 nitrogen and oxygen atoms in total. The van der Waals surface area contributed by atoms with E-state index < -0.39 is 23.8 Å². The number of aryl methyl sites for hydroxylation is 1. The maximum atomic E-state index is 14.6. The first-order chi connectivity index (χ1) is 14.7. The molecule has 3 aromatic rings. The van der Waals surface area contributed by atoms with Gasteiger partial charge in [0.2, 0.25) is 0 Å². The van der Waals surface area contributed by atoms with Gasteiger partial charge in [0.05, 0.1) is 41.3 Å². The number of hydrogen-bond donors (Lipinski definition) is 2. The van der Waals surface area contributed by atoms with Crippen LogP contribution >= 0.6 is 0 Å². The van der Waals surface area contributed by atoms with E-state index in [-0.39, 0.29) is 17.6 Å². The minimum Gasteiger partial charge on any atom is -0.396 e. The molecule has 164 valence electrons. The molecule has 2 N–H and O–H groups in total. The molecule has 0 spiro atoms. The van der Waals surface area contributed by atoms with Crippen LogP contribution in [0.2, 0.25) is 0 Å². The molecule has 0 amide bonds. The van der Waals surface area contributed by atoms with E-state index in [0.29, 0.717) is 35.5 Å². The van der Waals surface area contributed by atoms with Crippen molar-refractivity contribution >= 4 is 22.4 Å². The van der Waals surface area contributed by atoms with E-state index >= 15 is 0 Å². The monoisotopic (exact) mass is 431 g/mol. The molecule has 1 aliphatic heterocycles. The minimum atomic E-state index is -2.89. The normalized spacial score (nSPS) is 16.5. The molecule has 9 heteroatoms. The van der Waals surface area contributed by atoms with Gasteiger partial charge in [0.1, 0.15) is 5.82 Å². The zero-order chi connectivity index (χ0) is 22.3. The first-order valence-corrected chi connectivity index (χ1v) is 10.0. The standard InChI is InChI=1S/C22H24F3N5O/c1-12(15-5-4-6-16(18(15)23)20(24)25)27-21-17-7-14(30-9-22(3,10-30)11-31)8-26-19(17)13(2)28-29-21/h4-8,12,20,31H,9-11H2,1-3H3,(H,27,29)/t12-/m1/s1. The summed E-state index contributed by atoms with van der Waals surface area (Å²) >= 11 is 0. The number of nitrogens with zero attached hydrogens (tertiary/aromatic N) is 4. The van der Waals surface area contributed by atoms with Gasteiger partial charge in [-0.2, -0.15) is 5.10 Å². The lowest BCUT2D eigenvalue weighted by molar-refractivity contribution is 0.111. The molecule has 0 saturated carbocycles. The molecule has 1 atom stereocenters. The highest BCUT2D eigenvalue weighted by atomic mass is 19.3. The fraction of sp³-hybridized carbons (Fsp3) is 0.409. The smallest absolute Gasteiger partial charge is 0.266 e. The first kappa shape index (κ1) is 21.3. The van der Waals surface area contributed by atoms with Crippen molar-refractivity contribution in [2.45, 2.75) is 33.2 Å². The minimum absolute atomic E-state index is 0.114. The van der Waals surface area contributed by atoms with Crippen LogP contribution < -0.4 is 10.2 Å². The Labute approximate surface area is 178 Å². The van der Waals surface area contributed by atoms with Gasteiger partial charge in [-0.25, -0.2) is 13.2 Å². The molecule has 0 radical (unpaired) electrons. The van der Waals surface area contributed by atoms with Crippen molar-refractivity contribution in [1.29, 1.82) is 0 Å². The number of benzene rings is 1. The number of halogens is 3. The lowest BCUT2D eigenvalue weighted by Gasteiger charge is -2.48. The van der Waals surface area contributed by atoms with Crippen molar-refractivity contribution in [3.05, 3.63) is 53.1 Å². The molecule has 31 heavy (non-hydrogen) atoms. The topological polar surface area (TPSA) is 74.2 Å². The lowest BCUT2D eigenvalue weighted by Crippen LogP contribution is -2.56. The number of anilines is 2. The average Bonchev–Trinajstić information content (AvgIpc) is 2.73. The molecule has 0 unspecified atom stereocenters. The Bertz CT molecular complexity index is 1120. The second kappa shape index (κ2) is 7.96. The fourth-order valence-corrected chi connectivity index (χ4v) is 3.94. The van der Waals surface area contributed by atoms with Gasteiger partial charge >= 0.3 is 0 Å². The number of aliphatic hydroxyl groups is 1. The van der Waals surface area contributed by atoms with Crippen LogP contribution in [-0.4, -0.2) is 40.0 Å². The Morgan fingerprint density at radius 2 is 1.94 bits per heavy atom. The average molecular weight is 431 g/mol. The summed E-state index contributed by atoms with van der Waals surface area (Å²) in [5, 5.41) is 21.7. The SMILES string of the molecule is Cc1nnc(N[C@H](C)c2cccc(C(F)F)c2F)c2cc(N3CC(C)(CO)C3)cnc12. The van der Waals surface area contributed by atoms with Crippen LogP contribution in [0.4, 0.5) is 24.7 Å². The van der Waals surface area contributed by atoms with Crippen molar-refractivity contribution in [3.63, 3.8) is 0 Å². The summed E-state index contributed by atoms with van der Waals surface area (Å²) in [5.74, 6) is -0.528. The number of hydrogen-bond acceptors (Lipinski definition) is 6. The number of aromatic nitrogens is 3. The van der Waals surface area contributed by atoms with Gasteiger partial charge in [-0.15, -0.1) is 5.10 Å². The van der Waals surface area contributed by atoms with Crippen molar-refractivity contribution < 1.29 is 18.3 Å². The van der Waals surface area contributed by atoms with Gasteiger partial charge in [0.15, 0.2) is 5.82 Å². The van der Waals surface area contributed by atoms with Crippen LogP contribution in [0.25, 0.3) is 10.9 Å². The zero-order valence-corrected chi connectivity index (χ0v) is 17.5. The van der Waals surface area contributed by atoms with Crippen molar-refractivity contribution in [2.75, 3.05) is 29.9 Å². The van der Waals surface area contributed by atoms with E-state index in [1.54, 1.807) is 20.0 Å². The van der Waals surface area contributed by atoms with Crippen molar-refractivity contribution in [3.8, 4) is 0 Å². The molecular weight excluding hydrogens is 407 g/mol. The summed E-state index contributed by atoms with van der Waals surface area (Å²) in [6.45, 7) is 7.03. The van der Waals surface area contributed by atoms with Crippen LogP contribution in [0.1, 0.15) is 43.1 Å². The third-order valence-corrected chi connectivity index (χ3v) is 5.78. The Hall–Kier alpha value is -2.94. The summed E-state index contributed by atoms with van der Waals surface area (Å²) in [4.78, 5) is 6.64. The molecule has 1 saturated heterocycles. The predicted octanol–water partition coefficient (Wildman–Crippen LogP) is 4.40. The number of alkyl halides is 2. The number of fused-ring (bicyclic) bond motifs is 1. The maximum absolute atomic E-state index is 14.6. The van der Waals surface area contributed by atoms with Crippen LogP contribution in [0.15, 0.2) is 30.5 Å². The Kier molecular flexibility index (Phi) is 5.47. The molecule has 1 aromatic carbocycles. The molecule has 0 aliphatic carbocycles. The zero-order valence-electron chi connectivity index (χ0n) is 17.5. The summed E-state index contributed by atoms with van der Waals surface area (Å²) in [5.41, 5.74) is 1.55. The van der Waals surface area contributed by atoms with E-state index in [2.05, 4.69) is 25.4 Å². The predicted molar refractivity (Wildman–Crippen MR) is 113 cm³/mol. The number of rotatable bonds is 6. The highest BCUT2D eigenvalue weighted by Gasteiger charge is 2.38. The van der Waals surface area contributed by atoms with E-state index in [9.17, 15) is 18.3 Å². The Morgan fingerprint density at radius 1 is 1.23 bits per heavy atom. The highest BCUT2D eigenvalue weighted by Crippen LogP contribution is 2.36. The van der Waals surface area contributed by atoms with E-state index in [1.807, 2.05) is 13.0 Å². The molecule has 2 aromatic heterocycles. The Morgan fingerprint density at radius 3 is 2.61 bits per heavy atom. The third-order valence-electron chi connectivity index (χ3n) is 5.78. The van der Waals surface area contributed by atoms with Gasteiger partial charge in [-0.05, 0) is 19.9 Å². The Balaban J connectivity index is 1.67. The molecule has 0 bridgehead atoms. The number of aliphatic hydroxyl groups excluding tert-OH is 1. The van der Waals surface area contributed by atoms with Crippen molar-refractivity contribution in [2.24, 2.45) is 5.41 Å². The van der Waals surface area contributed by atoms with Crippen LogP contribution in [0, 0.1) is 18.2 Å². The van der Waals surface area contributed by atoms with E-state index in [0.717, 1.165) is 11.8 Å². The van der Waals surface area contributed by atoms with E-state index in [1.165, 1.54) is 12.1 Å². The summed E-state index contributed by atoms with van der Waals surface area (Å²) in [6.07, 6.45) is -1.13. The largest absolute Gasteiger partial charge is 0.396 e. The van der Waals surface area contributed by atoms with Gasteiger partial charge in [-0.3, -0.25) is 4.98 Å². The second-order valence-corrected chi connectivity index (χ2v) is 8.47. The quantitative estimate of drug-likeness (QED) is 0.603. The molecular formula is C22H24F3N5O. The summed E-state index contributed by atoms with van der Waals surface area (Å²) in [7, 11) is 0. The van der Waals surface area contributed by atoms with Crippen molar-refractivity contribution in [1.82, 2.24) is 15.2 Å². The molecule has 3 heterocycles. The maximum Gasteiger partial charge on any atom is 0.266 e. The number of nitrogens with one attached hydrogen (secondary N) is 1. The van der Waals surface area contributed by atoms with Crippen LogP contribution in [0.3, 0.4) is 0 Å². The van der Waals surface area contributed by atoms with Gasteiger partial charge < -0.3 is 15.3 Å². The lowest BCUT2D eigenvalue weighted by atomic mass is 9.82.